The van der Waals surface area contributed by atoms with Gasteiger partial charge in [0.05, 0.1) is 17.1 Å². The Morgan fingerprint density at radius 1 is 1.40 bits per heavy atom. The first-order chi connectivity index (χ1) is 9.86. The highest BCUT2D eigenvalue weighted by atomic mass is 15.0. The summed E-state index contributed by atoms with van der Waals surface area (Å²) >= 11 is 0. The van der Waals surface area contributed by atoms with E-state index in [2.05, 4.69) is 21.7 Å². The Morgan fingerprint density at radius 2 is 2.30 bits per heavy atom. The Bertz CT molecular complexity index is 638. The number of aromatic nitrogens is 1. The fourth-order valence-electron chi connectivity index (χ4n) is 2.74. The average Bonchev–Trinajstić information content (AvgIpc) is 2.99. The van der Waals surface area contributed by atoms with Gasteiger partial charge in [-0.3, -0.25) is 0 Å². The minimum Gasteiger partial charge on any atom is -0.370 e. The molecule has 4 nitrogen and oxygen atoms in total. The highest BCUT2D eigenvalue weighted by Gasteiger charge is 2.13. The molecule has 20 heavy (non-hydrogen) atoms. The molecule has 1 aromatic carbocycles. The summed E-state index contributed by atoms with van der Waals surface area (Å²) in [5.74, 6) is 0.790. The largest absolute Gasteiger partial charge is 0.370 e. The number of nitriles is 1. The molecule has 2 aromatic rings. The summed E-state index contributed by atoms with van der Waals surface area (Å²) < 4.78 is 0. The van der Waals surface area contributed by atoms with Crippen molar-refractivity contribution in [1.82, 2.24) is 10.3 Å². The molecule has 1 saturated heterocycles. The Morgan fingerprint density at radius 3 is 3.10 bits per heavy atom. The molecule has 0 bridgehead atoms. The van der Waals surface area contributed by atoms with Crippen molar-refractivity contribution in [2.24, 2.45) is 0 Å². The van der Waals surface area contributed by atoms with Crippen LogP contribution in [0.15, 0.2) is 30.3 Å². The molecule has 102 valence electrons. The molecule has 0 unspecified atom stereocenters. The zero-order valence-electron chi connectivity index (χ0n) is 11.4. The van der Waals surface area contributed by atoms with Crippen molar-refractivity contribution >= 4 is 16.7 Å². The summed E-state index contributed by atoms with van der Waals surface area (Å²) in [5, 5.41) is 17.0. The molecular weight excluding hydrogens is 248 g/mol. The second kappa shape index (κ2) is 5.89. The third-order valence-electron chi connectivity index (χ3n) is 3.80. The number of benzene rings is 1. The highest BCUT2D eigenvalue weighted by molar-refractivity contribution is 5.86. The molecule has 1 aliphatic rings. The summed E-state index contributed by atoms with van der Waals surface area (Å²) in [6.45, 7) is 2.02. The van der Waals surface area contributed by atoms with Crippen LogP contribution in [0.25, 0.3) is 10.9 Å². The van der Waals surface area contributed by atoms with Gasteiger partial charge in [0.2, 0.25) is 0 Å². The predicted molar refractivity (Wildman–Crippen MR) is 80.6 cm³/mol. The normalized spacial score (nSPS) is 18.1. The fraction of sp³-hybridized carbons (Fsp3) is 0.375. The van der Waals surface area contributed by atoms with Crippen LogP contribution in [-0.4, -0.2) is 24.1 Å². The van der Waals surface area contributed by atoms with E-state index in [1.807, 2.05) is 30.3 Å². The summed E-state index contributed by atoms with van der Waals surface area (Å²) in [4.78, 5) is 4.57. The number of rotatable bonds is 4. The van der Waals surface area contributed by atoms with Gasteiger partial charge in [-0.05, 0) is 37.9 Å². The molecule has 1 fully saturated rings. The zero-order chi connectivity index (χ0) is 13.8. The van der Waals surface area contributed by atoms with Gasteiger partial charge in [0.15, 0.2) is 0 Å². The minimum atomic E-state index is 0.624. The summed E-state index contributed by atoms with van der Waals surface area (Å²) in [6.07, 6.45) is 3.63. The maximum Gasteiger partial charge on any atom is 0.127 e. The number of para-hydroxylation sites is 1. The van der Waals surface area contributed by atoms with Crippen LogP contribution in [0.4, 0.5) is 5.82 Å². The van der Waals surface area contributed by atoms with Crippen molar-refractivity contribution < 1.29 is 0 Å². The van der Waals surface area contributed by atoms with Crippen LogP contribution in [0, 0.1) is 11.3 Å². The van der Waals surface area contributed by atoms with Crippen molar-refractivity contribution in [3.63, 3.8) is 0 Å². The van der Waals surface area contributed by atoms with Gasteiger partial charge in [0.1, 0.15) is 5.82 Å². The first kappa shape index (κ1) is 12.9. The van der Waals surface area contributed by atoms with Crippen LogP contribution < -0.4 is 10.6 Å². The molecule has 1 aromatic heterocycles. The molecule has 1 atom stereocenters. The van der Waals surface area contributed by atoms with E-state index in [-0.39, 0.29) is 0 Å². The van der Waals surface area contributed by atoms with Gasteiger partial charge in [-0.2, -0.15) is 5.26 Å². The van der Waals surface area contributed by atoms with E-state index >= 15 is 0 Å². The molecule has 2 heterocycles. The maximum absolute atomic E-state index is 9.24. The first-order valence-electron chi connectivity index (χ1n) is 7.14. The lowest BCUT2D eigenvalue weighted by atomic mass is 10.1. The molecule has 1 aliphatic heterocycles. The second-order valence-electron chi connectivity index (χ2n) is 5.19. The summed E-state index contributed by atoms with van der Waals surface area (Å²) in [6, 6.07) is 12.5. The minimum absolute atomic E-state index is 0.624. The van der Waals surface area contributed by atoms with Crippen LogP contribution in [0.3, 0.4) is 0 Å². The SMILES string of the molecule is N#Cc1cc(NCC[C@@H]2CCCN2)nc2ccccc12. The van der Waals surface area contributed by atoms with Gasteiger partial charge in [0.25, 0.3) is 0 Å². The van der Waals surface area contributed by atoms with Crippen LogP contribution in [-0.2, 0) is 0 Å². The zero-order valence-corrected chi connectivity index (χ0v) is 11.4. The van der Waals surface area contributed by atoms with E-state index in [1.54, 1.807) is 0 Å². The molecule has 0 amide bonds. The number of hydrogen-bond donors (Lipinski definition) is 2. The summed E-state index contributed by atoms with van der Waals surface area (Å²) in [5.41, 5.74) is 1.55. The third-order valence-corrected chi connectivity index (χ3v) is 3.80. The first-order valence-corrected chi connectivity index (χ1v) is 7.14. The lowest BCUT2D eigenvalue weighted by molar-refractivity contribution is 0.574. The molecule has 4 heteroatoms. The summed E-state index contributed by atoms with van der Waals surface area (Å²) in [7, 11) is 0. The fourth-order valence-corrected chi connectivity index (χ4v) is 2.74. The van der Waals surface area contributed by atoms with E-state index in [0.717, 1.165) is 36.2 Å². The molecule has 0 spiro atoms. The lowest BCUT2D eigenvalue weighted by Gasteiger charge is -2.12. The van der Waals surface area contributed by atoms with E-state index in [9.17, 15) is 5.26 Å². The molecule has 0 aliphatic carbocycles. The lowest BCUT2D eigenvalue weighted by Crippen LogP contribution is -2.24. The number of nitrogens with one attached hydrogen (secondary N) is 2. The molecule has 0 saturated carbocycles. The molecular formula is C16H18N4. The van der Waals surface area contributed by atoms with Crippen molar-refractivity contribution in [3.05, 3.63) is 35.9 Å². The standard InChI is InChI=1S/C16H18N4/c17-11-12-10-16(19-9-7-13-4-3-8-18-13)20-15-6-2-1-5-14(12)15/h1-2,5-6,10,13,18H,3-4,7-9H2,(H,19,20)/t13-/m0/s1. The van der Waals surface area contributed by atoms with E-state index in [4.69, 9.17) is 0 Å². The number of fused-ring (bicyclic) bond motifs is 1. The third kappa shape index (κ3) is 2.73. The second-order valence-corrected chi connectivity index (χ2v) is 5.19. The number of nitrogens with zero attached hydrogens (tertiary/aromatic N) is 2. The number of hydrogen-bond acceptors (Lipinski definition) is 4. The average molecular weight is 266 g/mol. The van der Waals surface area contributed by atoms with Crippen LogP contribution in [0.5, 0.6) is 0 Å². The van der Waals surface area contributed by atoms with E-state index < -0.39 is 0 Å². The topological polar surface area (TPSA) is 60.7 Å². The van der Waals surface area contributed by atoms with Gasteiger partial charge in [-0.25, -0.2) is 4.98 Å². The highest BCUT2D eigenvalue weighted by Crippen LogP contribution is 2.20. The maximum atomic E-state index is 9.24. The van der Waals surface area contributed by atoms with Crippen LogP contribution in [0.1, 0.15) is 24.8 Å². The number of anilines is 1. The van der Waals surface area contributed by atoms with E-state index in [0.29, 0.717) is 11.6 Å². The molecule has 0 radical (unpaired) electrons. The Hall–Kier alpha value is -2.12. The Balaban J connectivity index is 1.73. The van der Waals surface area contributed by atoms with Gasteiger partial charge in [0, 0.05) is 18.0 Å². The molecule has 3 rings (SSSR count). The predicted octanol–water partition coefficient (Wildman–Crippen LogP) is 2.66. The van der Waals surface area contributed by atoms with Crippen molar-refractivity contribution in [2.75, 3.05) is 18.4 Å². The van der Waals surface area contributed by atoms with E-state index in [1.165, 1.54) is 12.8 Å². The number of pyridine rings is 1. The molecule has 2 N–H and O–H groups in total. The monoisotopic (exact) mass is 266 g/mol. The van der Waals surface area contributed by atoms with Gasteiger partial charge in [-0.1, -0.05) is 18.2 Å². The van der Waals surface area contributed by atoms with Crippen molar-refractivity contribution in [1.29, 1.82) is 5.26 Å². The van der Waals surface area contributed by atoms with Crippen molar-refractivity contribution in [2.45, 2.75) is 25.3 Å². The van der Waals surface area contributed by atoms with Gasteiger partial charge in [-0.15, -0.1) is 0 Å². The van der Waals surface area contributed by atoms with Gasteiger partial charge >= 0.3 is 0 Å². The smallest absolute Gasteiger partial charge is 0.127 e. The van der Waals surface area contributed by atoms with Crippen LogP contribution >= 0.6 is 0 Å². The Labute approximate surface area is 118 Å². The van der Waals surface area contributed by atoms with Gasteiger partial charge < -0.3 is 10.6 Å². The quantitative estimate of drug-likeness (QED) is 0.893. The van der Waals surface area contributed by atoms with Crippen molar-refractivity contribution in [3.8, 4) is 6.07 Å². The Kier molecular flexibility index (Phi) is 3.80. The van der Waals surface area contributed by atoms with Crippen LogP contribution in [0.2, 0.25) is 0 Å².